The second-order valence-electron chi connectivity index (χ2n) is 5.18. The summed E-state index contributed by atoms with van der Waals surface area (Å²) in [5.74, 6) is -3.40. The fourth-order valence-corrected chi connectivity index (χ4v) is 0.834. The molecule has 0 aliphatic carbocycles. The smallest absolute Gasteiger partial charge is 0.320 e. The average molecular weight is 352 g/mol. The first-order valence-electron chi connectivity index (χ1n) is 7.59. The molecule has 24 heavy (non-hydrogen) atoms. The summed E-state index contributed by atoms with van der Waals surface area (Å²) in [6.07, 6.45) is 2.16. The third-order valence-corrected chi connectivity index (χ3v) is 2.84. The Morgan fingerprint density at radius 1 is 0.792 bits per heavy atom. The van der Waals surface area contributed by atoms with Gasteiger partial charge in [-0.1, -0.05) is 20.3 Å². The molecular formula is C14H32N4O6. The number of hydrogen-bond donors (Lipinski definition) is 7. The summed E-state index contributed by atoms with van der Waals surface area (Å²) in [7, 11) is 0. The van der Waals surface area contributed by atoms with E-state index in [0.717, 1.165) is 12.8 Å². The monoisotopic (exact) mass is 352 g/mol. The fourth-order valence-electron chi connectivity index (χ4n) is 0.834. The molecule has 0 fully saturated rings. The van der Waals surface area contributed by atoms with Gasteiger partial charge in [0.05, 0.1) is 11.8 Å². The maximum Gasteiger partial charge on any atom is 0.320 e. The molecule has 10 heteroatoms. The van der Waals surface area contributed by atoms with Crippen LogP contribution >= 0.6 is 0 Å². The lowest BCUT2D eigenvalue weighted by Gasteiger charge is -2.03. The predicted molar refractivity (Wildman–Crippen MR) is 90.2 cm³/mol. The molecule has 0 heterocycles. The number of aliphatic carboxylic acids is 3. The molecule has 3 atom stereocenters. The molecule has 0 radical (unpaired) electrons. The van der Waals surface area contributed by atoms with Gasteiger partial charge in [0.1, 0.15) is 6.04 Å². The van der Waals surface area contributed by atoms with Gasteiger partial charge in [-0.15, -0.1) is 0 Å². The van der Waals surface area contributed by atoms with Gasteiger partial charge in [0.25, 0.3) is 0 Å². The maximum atomic E-state index is 10.1. The molecule has 0 unspecified atom stereocenters. The minimum absolute atomic E-state index is 0.218. The molecule has 0 saturated heterocycles. The molecule has 0 bridgehead atoms. The van der Waals surface area contributed by atoms with Crippen LogP contribution in [0.3, 0.4) is 0 Å². The Morgan fingerprint density at radius 3 is 1.33 bits per heavy atom. The van der Waals surface area contributed by atoms with E-state index in [1.54, 1.807) is 13.8 Å². The summed E-state index contributed by atoms with van der Waals surface area (Å²) in [6, 6.07) is -0.716. The molecule has 0 aromatic carbocycles. The van der Waals surface area contributed by atoms with Crippen LogP contribution in [-0.2, 0) is 14.4 Å². The molecule has 11 N–H and O–H groups in total. The van der Waals surface area contributed by atoms with E-state index in [4.69, 9.17) is 38.3 Å². The quantitative estimate of drug-likeness (QED) is 0.247. The van der Waals surface area contributed by atoms with Gasteiger partial charge in [-0.05, 0) is 19.4 Å². The van der Waals surface area contributed by atoms with E-state index < -0.39 is 35.8 Å². The van der Waals surface area contributed by atoms with Crippen molar-refractivity contribution in [1.29, 1.82) is 0 Å². The zero-order valence-electron chi connectivity index (χ0n) is 14.4. The number of carboxylic acid groups (broad SMARTS) is 3. The van der Waals surface area contributed by atoms with Crippen LogP contribution in [0.2, 0.25) is 0 Å². The lowest BCUT2D eigenvalue weighted by Crippen LogP contribution is -2.29. The minimum Gasteiger partial charge on any atom is -0.481 e. The Hall–Kier alpha value is -1.75. The van der Waals surface area contributed by atoms with Crippen molar-refractivity contribution in [1.82, 2.24) is 0 Å². The van der Waals surface area contributed by atoms with Crippen LogP contribution in [0.4, 0.5) is 0 Å². The molecule has 0 aromatic heterocycles. The van der Waals surface area contributed by atoms with Crippen LogP contribution in [0.25, 0.3) is 0 Å². The van der Waals surface area contributed by atoms with Gasteiger partial charge < -0.3 is 38.3 Å². The maximum absolute atomic E-state index is 10.1. The Morgan fingerprint density at radius 2 is 1.17 bits per heavy atom. The number of hydrogen-bond acceptors (Lipinski definition) is 7. The summed E-state index contributed by atoms with van der Waals surface area (Å²) >= 11 is 0. The lowest BCUT2D eigenvalue weighted by atomic mass is 10.1. The summed E-state index contributed by atoms with van der Waals surface area (Å²) in [5.41, 5.74) is 20.4. The van der Waals surface area contributed by atoms with E-state index in [1.165, 1.54) is 0 Å². The van der Waals surface area contributed by atoms with E-state index >= 15 is 0 Å². The predicted octanol–water partition coefficient (Wildman–Crippen LogP) is -1.14. The summed E-state index contributed by atoms with van der Waals surface area (Å²) in [6.45, 7) is 4.18. The molecule has 0 spiro atoms. The molecule has 0 amide bonds. The fraction of sp³-hybridized carbons (Fsp3) is 0.786. The van der Waals surface area contributed by atoms with E-state index in [0.29, 0.717) is 13.0 Å². The normalized spacial score (nSPS) is 13.2. The first-order chi connectivity index (χ1) is 11.0. The molecule has 0 rings (SSSR count). The highest BCUT2D eigenvalue weighted by atomic mass is 16.4. The average Bonchev–Trinajstić information content (AvgIpc) is 2.54. The highest BCUT2D eigenvalue weighted by Gasteiger charge is 2.09. The van der Waals surface area contributed by atoms with Gasteiger partial charge in [-0.3, -0.25) is 14.4 Å². The number of rotatable bonds is 9. The van der Waals surface area contributed by atoms with Crippen LogP contribution in [0, 0.1) is 11.8 Å². The number of carboxylic acids is 3. The van der Waals surface area contributed by atoms with Crippen molar-refractivity contribution in [2.24, 2.45) is 34.8 Å². The number of carbonyl (C=O) groups is 3. The number of nitrogens with two attached hydrogens (primary N) is 4. The first kappa shape index (κ1) is 27.1. The van der Waals surface area contributed by atoms with E-state index in [1.807, 2.05) is 0 Å². The van der Waals surface area contributed by atoms with E-state index in [9.17, 15) is 14.4 Å². The second-order valence-corrected chi connectivity index (χ2v) is 5.18. The van der Waals surface area contributed by atoms with E-state index in [-0.39, 0.29) is 13.1 Å². The van der Waals surface area contributed by atoms with Crippen LogP contribution in [0.5, 0.6) is 0 Å². The van der Waals surface area contributed by atoms with Crippen LogP contribution in [0.1, 0.15) is 33.1 Å². The Labute approximate surface area is 142 Å². The number of unbranched alkanes of at least 4 members (excludes halogenated alkanes) is 1. The van der Waals surface area contributed by atoms with Crippen molar-refractivity contribution >= 4 is 17.9 Å². The van der Waals surface area contributed by atoms with Crippen molar-refractivity contribution < 1.29 is 29.7 Å². The topological polar surface area (TPSA) is 216 Å². The molecule has 0 aromatic rings. The molecule has 144 valence electrons. The van der Waals surface area contributed by atoms with Crippen LogP contribution < -0.4 is 22.9 Å². The van der Waals surface area contributed by atoms with Crippen LogP contribution in [0.15, 0.2) is 0 Å². The largest absolute Gasteiger partial charge is 0.481 e. The Kier molecular flexibility index (Phi) is 19.9. The van der Waals surface area contributed by atoms with E-state index in [2.05, 4.69) is 0 Å². The zero-order valence-corrected chi connectivity index (χ0v) is 14.4. The van der Waals surface area contributed by atoms with Gasteiger partial charge in [0, 0.05) is 13.1 Å². The Bertz CT molecular complexity index is 334. The van der Waals surface area contributed by atoms with Gasteiger partial charge >= 0.3 is 17.9 Å². The van der Waals surface area contributed by atoms with Gasteiger partial charge in [0.2, 0.25) is 0 Å². The molecule has 0 saturated carbocycles. The van der Waals surface area contributed by atoms with Gasteiger partial charge in [-0.2, -0.15) is 0 Å². The third-order valence-electron chi connectivity index (χ3n) is 2.84. The molecule has 10 nitrogen and oxygen atoms in total. The SMILES string of the molecule is C[C@@H](CN)C(=O)O.C[C@H](CN)C(=O)O.NCCCC[C@H](N)C(=O)O. The van der Waals surface area contributed by atoms with Crippen molar-refractivity contribution in [3.8, 4) is 0 Å². The highest BCUT2D eigenvalue weighted by molar-refractivity contribution is 5.72. The first-order valence-corrected chi connectivity index (χ1v) is 7.59. The van der Waals surface area contributed by atoms with Crippen molar-refractivity contribution in [2.45, 2.75) is 39.2 Å². The van der Waals surface area contributed by atoms with Crippen molar-refractivity contribution in [3.05, 3.63) is 0 Å². The summed E-state index contributed by atoms with van der Waals surface area (Å²) in [4.78, 5) is 29.8. The molecule has 0 aliphatic rings. The zero-order chi connectivity index (χ0) is 19.7. The third kappa shape index (κ3) is 20.2. The summed E-state index contributed by atoms with van der Waals surface area (Å²) in [5, 5.41) is 24.5. The molecular weight excluding hydrogens is 320 g/mol. The second kappa shape index (κ2) is 17.6. The Balaban J connectivity index is -0.000000283. The molecule has 0 aliphatic heterocycles. The van der Waals surface area contributed by atoms with Crippen molar-refractivity contribution in [3.63, 3.8) is 0 Å². The van der Waals surface area contributed by atoms with Crippen LogP contribution in [-0.4, -0.2) is 58.9 Å². The lowest BCUT2D eigenvalue weighted by molar-refractivity contribution is -0.141. The minimum atomic E-state index is -0.933. The van der Waals surface area contributed by atoms with Gasteiger partial charge in [-0.25, -0.2) is 0 Å². The standard InChI is InChI=1S/C6H14N2O2.2C4H9NO2/c7-4-2-1-3-5(8)6(9)10;2*1-3(2-5)4(6)7/h5H,1-4,7-8H2,(H,9,10);2*3H,2,5H2,1H3,(H,6,7)/t5-;2*3-/m010/s1. The highest BCUT2D eigenvalue weighted by Crippen LogP contribution is 1.97. The van der Waals surface area contributed by atoms with Gasteiger partial charge in [0.15, 0.2) is 0 Å². The summed E-state index contributed by atoms with van der Waals surface area (Å²) < 4.78 is 0. The van der Waals surface area contributed by atoms with Crippen molar-refractivity contribution in [2.75, 3.05) is 19.6 Å².